The first kappa shape index (κ1) is 33.1. The van der Waals surface area contributed by atoms with Crippen LogP contribution in [0.4, 0.5) is 4.79 Å². The van der Waals surface area contributed by atoms with Gasteiger partial charge in [-0.3, -0.25) is 4.79 Å². The second kappa shape index (κ2) is 16.8. The maximum absolute atomic E-state index is 12.3. The van der Waals surface area contributed by atoms with Gasteiger partial charge in [0.25, 0.3) is 0 Å². The van der Waals surface area contributed by atoms with Crippen LogP contribution in [-0.2, 0) is 16.0 Å². The van der Waals surface area contributed by atoms with Crippen molar-refractivity contribution < 1.29 is 24.5 Å². The highest BCUT2D eigenvalue weighted by Crippen LogP contribution is 2.29. The number of rotatable bonds is 16. The quantitative estimate of drug-likeness (QED) is 0.144. The molecule has 6 heteroatoms. The van der Waals surface area contributed by atoms with Gasteiger partial charge in [-0.05, 0) is 30.9 Å². The van der Waals surface area contributed by atoms with Gasteiger partial charge in [0.05, 0.1) is 12.2 Å². The van der Waals surface area contributed by atoms with Gasteiger partial charge in [0.2, 0.25) is 0 Å². The van der Waals surface area contributed by atoms with E-state index in [-0.39, 0.29) is 35.4 Å². The van der Waals surface area contributed by atoms with Crippen molar-refractivity contribution in [3.63, 3.8) is 0 Å². The number of ether oxygens (including phenoxy) is 1. The number of carbonyl (C=O) groups is 2. The molecule has 0 spiro atoms. The third kappa shape index (κ3) is 11.6. The highest BCUT2D eigenvalue weighted by Gasteiger charge is 2.33. The van der Waals surface area contributed by atoms with Gasteiger partial charge in [0.15, 0.2) is 5.78 Å². The Kier molecular flexibility index (Phi) is 14.6. The fraction of sp³-hybridized carbons (Fsp3) is 0.500. The van der Waals surface area contributed by atoms with E-state index in [1.54, 1.807) is 24.3 Å². The summed E-state index contributed by atoms with van der Waals surface area (Å²) < 4.78 is 5.36. The molecule has 0 radical (unpaired) electrons. The number of nitrogens with two attached hydrogens (primary N) is 1. The van der Waals surface area contributed by atoms with Crippen LogP contribution in [0.3, 0.4) is 0 Å². The minimum absolute atomic E-state index is 0.000483. The summed E-state index contributed by atoms with van der Waals surface area (Å²) in [6.45, 7) is 15.2. The number of allylic oxidation sites excluding steroid dienone is 4. The number of primary amides is 1. The molecule has 1 aromatic carbocycles. The van der Waals surface area contributed by atoms with Crippen molar-refractivity contribution in [3.05, 3.63) is 84.5 Å². The molecule has 210 valence electrons. The monoisotopic (exact) mass is 525 g/mol. The number of carbonyl (C=O) groups excluding carboxylic acids is 2. The molecule has 0 bridgehead atoms. The molecular formula is C32H47NO5. The van der Waals surface area contributed by atoms with Crippen LogP contribution in [0.5, 0.6) is 0 Å². The summed E-state index contributed by atoms with van der Waals surface area (Å²) in [6, 6.07) is 9.57. The van der Waals surface area contributed by atoms with Crippen molar-refractivity contribution in [2.75, 3.05) is 0 Å². The molecule has 0 aromatic heterocycles. The molecular weight excluding hydrogens is 478 g/mol. The van der Waals surface area contributed by atoms with Crippen molar-refractivity contribution in [1.29, 1.82) is 0 Å². The van der Waals surface area contributed by atoms with E-state index in [2.05, 4.69) is 6.58 Å². The Morgan fingerprint density at radius 3 is 2.18 bits per heavy atom. The summed E-state index contributed by atoms with van der Waals surface area (Å²) in [5.41, 5.74) is 7.29. The Bertz CT molecular complexity index is 967. The van der Waals surface area contributed by atoms with E-state index in [9.17, 15) is 19.8 Å². The number of ketones is 1. The third-order valence-electron chi connectivity index (χ3n) is 7.04. The van der Waals surface area contributed by atoms with Crippen LogP contribution in [0, 0.1) is 29.6 Å². The lowest BCUT2D eigenvalue weighted by Gasteiger charge is -2.33. The van der Waals surface area contributed by atoms with Crippen molar-refractivity contribution >= 4 is 11.9 Å². The van der Waals surface area contributed by atoms with Crippen LogP contribution in [0.25, 0.3) is 0 Å². The average Bonchev–Trinajstić information content (AvgIpc) is 2.87. The van der Waals surface area contributed by atoms with Crippen LogP contribution in [-0.4, -0.2) is 40.4 Å². The number of amides is 1. The van der Waals surface area contributed by atoms with Gasteiger partial charge < -0.3 is 20.7 Å². The highest BCUT2D eigenvalue weighted by atomic mass is 16.6. The topological polar surface area (TPSA) is 110 Å². The lowest BCUT2D eigenvalue weighted by molar-refractivity contribution is -0.114. The lowest BCUT2D eigenvalue weighted by Crippen LogP contribution is -2.41. The van der Waals surface area contributed by atoms with Gasteiger partial charge in [-0.15, -0.1) is 0 Å². The van der Waals surface area contributed by atoms with Crippen LogP contribution in [0.1, 0.15) is 53.5 Å². The first-order valence-corrected chi connectivity index (χ1v) is 13.4. The molecule has 1 amide bonds. The van der Waals surface area contributed by atoms with E-state index in [0.29, 0.717) is 12.8 Å². The molecule has 1 rings (SSSR count). The summed E-state index contributed by atoms with van der Waals surface area (Å²) in [6.07, 6.45) is 8.73. The van der Waals surface area contributed by atoms with E-state index in [1.165, 1.54) is 0 Å². The largest absolute Gasteiger partial charge is 0.445 e. The molecule has 0 saturated heterocycles. The zero-order valence-corrected chi connectivity index (χ0v) is 23.8. The lowest BCUT2D eigenvalue weighted by atomic mass is 9.81. The molecule has 6 nitrogen and oxygen atoms in total. The standard InChI is InChI=1S/C32H47NO5/c1-8-9-13-23(4)31(38-32(33)37)26(7)30(36)25(6)19-21(2)18-24(5)29(35)22(3)16-17-28(34)20-27-14-11-10-12-15-27/h8-18,22-26,29-31,35-36H,1,19-20H2,2-7H3,(H2,33,37)/b13-9-,17-16-,21-18-. The van der Waals surface area contributed by atoms with Gasteiger partial charge in [0, 0.05) is 30.1 Å². The fourth-order valence-corrected chi connectivity index (χ4v) is 4.86. The average molecular weight is 526 g/mol. The van der Waals surface area contributed by atoms with Gasteiger partial charge in [-0.25, -0.2) is 4.79 Å². The molecule has 0 heterocycles. The summed E-state index contributed by atoms with van der Waals surface area (Å²) in [4.78, 5) is 23.8. The van der Waals surface area contributed by atoms with Gasteiger partial charge in [0.1, 0.15) is 6.10 Å². The minimum Gasteiger partial charge on any atom is -0.445 e. The van der Waals surface area contributed by atoms with Crippen molar-refractivity contribution in [3.8, 4) is 0 Å². The van der Waals surface area contributed by atoms with E-state index in [1.807, 2.05) is 84.0 Å². The number of hydrogen-bond donors (Lipinski definition) is 3. The van der Waals surface area contributed by atoms with E-state index in [4.69, 9.17) is 10.5 Å². The maximum Gasteiger partial charge on any atom is 0.404 e. The Balaban J connectivity index is 2.75. The zero-order valence-electron chi connectivity index (χ0n) is 23.8. The molecule has 0 fully saturated rings. The molecule has 8 unspecified atom stereocenters. The second-order valence-corrected chi connectivity index (χ2v) is 10.6. The summed E-state index contributed by atoms with van der Waals surface area (Å²) >= 11 is 0. The van der Waals surface area contributed by atoms with Crippen LogP contribution in [0.2, 0.25) is 0 Å². The van der Waals surface area contributed by atoms with Gasteiger partial charge >= 0.3 is 6.09 Å². The first-order chi connectivity index (χ1) is 17.9. The molecule has 0 aliphatic rings. The van der Waals surface area contributed by atoms with E-state index < -0.39 is 24.4 Å². The van der Waals surface area contributed by atoms with Crippen LogP contribution in [0.15, 0.2) is 78.9 Å². The zero-order chi connectivity index (χ0) is 28.8. The predicted molar refractivity (Wildman–Crippen MR) is 154 cm³/mol. The normalized spacial score (nSPS) is 18.8. The van der Waals surface area contributed by atoms with Crippen LogP contribution < -0.4 is 5.73 Å². The second-order valence-electron chi connectivity index (χ2n) is 10.6. The SMILES string of the molecule is C=C/C=C\C(C)C(OC(N)=O)C(C)C(O)C(C)C/C(C)=C\C(C)C(O)C(C)/C=C\C(=O)Cc1ccccc1. The molecule has 4 N–H and O–H groups in total. The smallest absolute Gasteiger partial charge is 0.404 e. The fourth-order valence-electron chi connectivity index (χ4n) is 4.86. The van der Waals surface area contributed by atoms with Gasteiger partial charge in [-0.2, -0.15) is 0 Å². The Hall–Kier alpha value is -2.96. The van der Waals surface area contributed by atoms with Crippen molar-refractivity contribution in [2.24, 2.45) is 35.3 Å². The minimum atomic E-state index is -0.871. The van der Waals surface area contributed by atoms with E-state index in [0.717, 1.165) is 11.1 Å². The van der Waals surface area contributed by atoms with Crippen molar-refractivity contribution in [1.82, 2.24) is 0 Å². The van der Waals surface area contributed by atoms with Crippen molar-refractivity contribution in [2.45, 2.75) is 72.7 Å². The number of benzene rings is 1. The number of aliphatic hydroxyl groups is 2. The Morgan fingerprint density at radius 2 is 1.61 bits per heavy atom. The number of aliphatic hydroxyl groups excluding tert-OH is 2. The first-order valence-electron chi connectivity index (χ1n) is 13.4. The Labute approximate surface area is 229 Å². The van der Waals surface area contributed by atoms with Gasteiger partial charge in [-0.1, -0.05) is 107 Å². The van der Waals surface area contributed by atoms with Crippen LogP contribution >= 0.6 is 0 Å². The molecule has 0 saturated carbocycles. The maximum atomic E-state index is 12.3. The highest BCUT2D eigenvalue weighted by molar-refractivity contribution is 5.91. The Morgan fingerprint density at radius 1 is 0.974 bits per heavy atom. The third-order valence-corrected chi connectivity index (χ3v) is 7.04. The molecule has 0 aliphatic heterocycles. The predicted octanol–water partition coefficient (Wildman–Crippen LogP) is 5.80. The molecule has 1 aromatic rings. The molecule has 0 aliphatic carbocycles. The summed E-state index contributed by atoms with van der Waals surface area (Å²) in [5.74, 6) is -0.966. The molecule has 38 heavy (non-hydrogen) atoms. The van der Waals surface area contributed by atoms with E-state index >= 15 is 0 Å². The number of hydrogen-bond acceptors (Lipinski definition) is 5. The summed E-state index contributed by atoms with van der Waals surface area (Å²) in [7, 11) is 0. The summed E-state index contributed by atoms with van der Waals surface area (Å²) in [5, 5.41) is 21.9. The molecule has 8 atom stereocenters.